The molecule has 0 radical (unpaired) electrons. The summed E-state index contributed by atoms with van der Waals surface area (Å²) in [6, 6.07) is 3.62. The van der Waals surface area contributed by atoms with Gasteiger partial charge in [0.25, 0.3) is 11.4 Å². The van der Waals surface area contributed by atoms with Gasteiger partial charge in [-0.25, -0.2) is 0 Å². The minimum atomic E-state index is -0.885. The fourth-order valence-corrected chi connectivity index (χ4v) is 3.88. The zero-order valence-corrected chi connectivity index (χ0v) is 23.8. The van der Waals surface area contributed by atoms with Gasteiger partial charge in [-0.2, -0.15) is 0 Å². The van der Waals surface area contributed by atoms with E-state index in [0.29, 0.717) is 12.1 Å². The van der Waals surface area contributed by atoms with Crippen molar-refractivity contribution in [2.75, 3.05) is 0 Å². The Morgan fingerprint density at radius 1 is 0.595 bits per heavy atom. The van der Waals surface area contributed by atoms with Gasteiger partial charge in [0.1, 0.15) is 0 Å². The second-order valence-electron chi connectivity index (χ2n) is 11.4. The van der Waals surface area contributed by atoms with Gasteiger partial charge < -0.3 is 9.47 Å². The number of nitrogens with zero attached hydrogens (tertiary/aromatic N) is 4. The molecule has 0 fully saturated rings. The number of carbonyl (C=O) groups is 2. The second kappa shape index (κ2) is 12.7. The van der Waals surface area contributed by atoms with Gasteiger partial charge in [-0.1, -0.05) is 41.5 Å². The summed E-state index contributed by atoms with van der Waals surface area (Å²) in [5.74, 6) is -2.59. The van der Waals surface area contributed by atoms with Gasteiger partial charge in [0, 0.05) is 36.1 Å². The highest BCUT2D eigenvalue weighted by atomic mass is 16.6. The van der Waals surface area contributed by atoms with E-state index in [0.717, 1.165) is 12.1 Å². The Labute approximate surface area is 239 Å². The summed E-state index contributed by atoms with van der Waals surface area (Å²) in [5.41, 5.74) is -4.11. The van der Waals surface area contributed by atoms with Crippen LogP contribution in [0.25, 0.3) is 0 Å². The minimum absolute atomic E-state index is 0.0635. The van der Waals surface area contributed by atoms with Gasteiger partial charge in [0.05, 0.1) is 31.8 Å². The van der Waals surface area contributed by atoms with E-state index < -0.39 is 76.7 Å². The molecular weight excluding hydrogens is 560 g/mol. The molecule has 2 rings (SSSR count). The highest BCUT2D eigenvalue weighted by molar-refractivity contribution is 5.77. The van der Waals surface area contributed by atoms with Crippen molar-refractivity contribution in [2.24, 2.45) is 0 Å². The van der Waals surface area contributed by atoms with Gasteiger partial charge in [-0.3, -0.25) is 50.0 Å². The van der Waals surface area contributed by atoms with Crippen molar-refractivity contribution in [3.63, 3.8) is 0 Å². The first kappa shape index (κ1) is 33.2. The van der Waals surface area contributed by atoms with Gasteiger partial charge in [0.15, 0.2) is 0 Å². The van der Waals surface area contributed by atoms with Crippen LogP contribution in [0.2, 0.25) is 0 Å². The number of non-ortho nitro benzene ring substituents is 2. The molecule has 0 heterocycles. The Bertz CT molecular complexity index is 1350. The number of hydrogen-bond donors (Lipinski definition) is 0. The molecule has 16 nitrogen and oxygen atoms in total. The number of esters is 2. The van der Waals surface area contributed by atoms with E-state index in [2.05, 4.69) is 0 Å². The van der Waals surface area contributed by atoms with Crippen LogP contribution in [0, 0.1) is 40.5 Å². The van der Waals surface area contributed by atoms with Crippen molar-refractivity contribution in [2.45, 2.75) is 78.1 Å². The predicted molar refractivity (Wildman–Crippen MR) is 147 cm³/mol. The number of hydrogen-bond acceptors (Lipinski definition) is 12. The summed E-state index contributed by atoms with van der Waals surface area (Å²) in [5, 5.41) is 45.8. The molecular formula is C26H30N4O12. The molecule has 0 bridgehead atoms. The maximum Gasteiger partial charge on any atom is 0.318 e. The first-order valence-corrected chi connectivity index (χ1v) is 12.6. The van der Waals surface area contributed by atoms with Crippen LogP contribution in [-0.2, 0) is 20.4 Å². The Morgan fingerprint density at radius 3 is 1.14 bits per heavy atom. The lowest BCUT2D eigenvalue weighted by Gasteiger charge is -2.22. The number of unbranched alkanes of at least 4 members (excludes halogenated alkanes) is 1. The van der Waals surface area contributed by atoms with Crippen LogP contribution in [-0.4, -0.2) is 31.6 Å². The molecule has 0 aliphatic carbocycles. The van der Waals surface area contributed by atoms with Crippen LogP contribution < -0.4 is 9.47 Å². The number of ether oxygens (including phenoxy) is 2. The summed E-state index contributed by atoms with van der Waals surface area (Å²) in [4.78, 5) is 67.5. The number of rotatable bonds is 11. The average molecular weight is 591 g/mol. The number of benzene rings is 2. The topological polar surface area (TPSA) is 225 Å². The van der Waals surface area contributed by atoms with Gasteiger partial charge in [-0.05, 0) is 23.7 Å². The summed E-state index contributed by atoms with van der Waals surface area (Å²) in [6.45, 7) is 9.83. The van der Waals surface area contributed by atoms with Crippen LogP contribution in [0.1, 0.15) is 78.4 Å². The smallest absolute Gasteiger partial charge is 0.318 e. The number of nitro groups is 4. The second-order valence-corrected chi connectivity index (χ2v) is 11.4. The highest BCUT2D eigenvalue weighted by Crippen LogP contribution is 2.43. The van der Waals surface area contributed by atoms with Crippen molar-refractivity contribution in [3.8, 4) is 11.5 Å². The molecule has 0 N–H and O–H groups in total. The van der Waals surface area contributed by atoms with Crippen molar-refractivity contribution in [1.82, 2.24) is 0 Å². The predicted octanol–water partition coefficient (Wildman–Crippen LogP) is 5.99. The lowest BCUT2D eigenvalue weighted by Crippen LogP contribution is -2.18. The summed E-state index contributed by atoms with van der Waals surface area (Å²) < 4.78 is 10.6. The zero-order chi connectivity index (χ0) is 32.2. The van der Waals surface area contributed by atoms with E-state index >= 15 is 0 Å². The molecule has 2 aromatic carbocycles. The highest BCUT2D eigenvalue weighted by Gasteiger charge is 2.34. The summed E-state index contributed by atoms with van der Waals surface area (Å²) >= 11 is 0. The molecule has 0 spiro atoms. The third kappa shape index (κ3) is 8.25. The molecule has 0 aliphatic rings. The van der Waals surface area contributed by atoms with Gasteiger partial charge in [0.2, 0.25) is 11.5 Å². The molecule has 0 aliphatic heterocycles. The van der Waals surface area contributed by atoms with Gasteiger partial charge >= 0.3 is 23.3 Å². The Balaban J connectivity index is 2.16. The first-order valence-electron chi connectivity index (χ1n) is 12.6. The Morgan fingerprint density at radius 2 is 0.905 bits per heavy atom. The van der Waals surface area contributed by atoms with Crippen molar-refractivity contribution >= 4 is 34.7 Å². The monoisotopic (exact) mass is 590 g/mol. The van der Waals surface area contributed by atoms with E-state index in [9.17, 15) is 50.0 Å². The zero-order valence-electron chi connectivity index (χ0n) is 23.8. The Hall–Kier alpha value is -5.02. The first-order chi connectivity index (χ1) is 19.2. The minimum Gasteiger partial charge on any atom is -0.419 e. The van der Waals surface area contributed by atoms with E-state index in [1.807, 2.05) is 0 Å². The van der Waals surface area contributed by atoms with E-state index in [1.165, 1.54) is 0 Å². The molecule has 0 saturated carbocycles. The van der Waals surface area contributed by atoms with Crippen molar-refractivity contribution < 1.29 is 38.8 Å². The third-order valence-electron chi connectivity index (χ3n) is 5.98. The molecule has 16 heteroatoms. The van der Waals surface area contributed by atoms with E-state index in [1.54, 1.807) is 41.5 Å². The number of nitro benzene ring substituents is 4. The fraction of sp³-hybridized carbons (Fsp3) is 0.462. The third-order valence-corrected chi connectivity index (χ3v) is 5.98. The molecule has 0 atom stereocenters. The molecule has 0 unspecified atom stereocenters. The maximum atomic E-state index is 12.6. The normalized spacial score (nSPS) is 11.5. The molecule has 0 aromatic heterocycles. The lowest BCUT2D eigenvalue weighted by molar-refractivity contribution is -0.395. The van der Waals surface area contributed by atoms with Crippen LogP contribution >= 0.6 is 0 Å². The average Bonchev–Trinajstić information content (AvgIpc) is 2.84. The SMILES string of the molecule is CC(C)(C)c1cc([N+](=O)[O-])cc([N+](=O)[O-])c1OC(=O)CCCCC(=O)Oc1c([N+](=O)[O-])cc([N+](=O)[O-])cc1C(C)(C)C. The van der Waals surface area contributed by atoms with Crippen LogP contribution in [0.3, 0.4) is 0 Å². The fourth-order valence-electron chi connectivity index (χ4n) is 3.88. The van der Waals surface area contributed by atoms with E-state index in [-0.39, 0.29) is 36.8 Å². The van der Waals surface area contributed by atoms with Crippen LogP contribution in [0.15, 0.2) is 24.3 Å². The quantitative estimate of drug-likeness (QED) is 0.0967. The van der Waals surface area contributed by atoms with Crippen molar-refractivity contribution in [3.05, 3.63) is 75.8 Å². The van der Waals surface area contributed by atoms with Crippen molar-refractivity contribution in [1.29, 1.82) is 0 Å². The standard InChI is InChI=1S/C26H30N4O12/c1-25(2,3)17-11-15(27(33)34)13-19(29(37)38)23(17)41-21(31)9-7-8-10-22(32)42-24-18(26(4,5)6)12-16(28(35)36)14-20(24)30(39)40/h11-14H,7-10H2,1-6H3. The lowest BCUT2D eigenvalue weighted by atomic mass is 9.85. The molecule has 0 amide bonds. The molecule has 226 valence electrons. The Kier molecular flexibility index (Phi) is 10.0. The largest absolute Gasteiger partial charge is 0.419 e. The maximum absolute atomic E-state index is 12.6. The molecule has 0 saturated heterocycles. The van der Waals surface area contributed by atoms with Crippen LogP contribution in [0.5, 0.6) is 11.5 Å². The number of carbonyl (C=O) groups excluding carboxylic acids is 2. The molecule has 2 aromatic rings. The van der Waals surface area contributed by atoms with Gasteiger partial charge in [-0.15, -0.1) is 0 Å². The summed E-state index contributed by atoms with van der Waals surface area (Å²) in [6.07, 6.45) is -0.437. The molecule has 42 heavy (non-hydrogen) atoms. The van der Waals surface area contributed by atoms with Crippen LogP contribution in [0.4, 0.5) is 22.7 Å². The van der Waals surface area contributed by atoms with E-state index in [4.69, 9.17) is 9.47 Å². The summed E-state index contributed by atoms with van der Waals surface area (Å²) in [7, 11) is 0.